The SMILES string of the molecule is CCC(C)(NC(=O)Cn1c(CSC)nc2ccccc21)C(=O)OC. The van der Waals surface area contributed by atoms with Crippen LogP contribution in [-0.2, 0) is 26.6 Å². The third-order valence-corrected chi connectivity index (χ3v) is 4.61. The molecule has 1 atom stereocenters. The van der Waals surface area contributed by atoms with Crippen LogP contribution in [0.3, 0.4) is 0 Å². The average molecular weight is 349 g/mol. The molecule has 0 bridgehead atoms. The van der Waals surface area contributed by atoms with Crippen molar-refractivity contribution in [2.24, 2.45) is 0 Å². The minimum atomic E-state index is -1.03. The van der Waals surface area contributed by atoms with Gasteiger partial charge >= 0.3 is 5.97 Å². The Morgan fingerprint density at radius 1 is 1.38 bits per heavy atom. The highest BCUT2D eigenvalue weighted by Gasteiger charge is 2.34. The second kappa shape index (κ2) is 7.70. The lowest BCUT2D eigenvalue weighted by atomic mass is 9.99. The van der Waals surface area contributed by atoms with E-state index in [-0.39, 0.29) is 12.5 Å². The number of carbonyl (C=O) groups excluding carboxylic acids is 2. The van der Waals surface area contributed by atoms with E-state index in [0.717, 1.165) is 16.9 Å². The van der Waals surface area contributed by atoms with Crippen LogP contribution in [0.2, 0.25) is 0 Å². The highest BCUT2D eigenvalue weighted by Crippen LogP contribution is 2.19. The van der Waals surface area contributed by atoms with Crippen LogP contribution in [0.15, 0.2) is 24.3 Å². The smallest absolute Gasteiger partial charge is 0.331 e. The molecule has 1 heterocycles. The topological polar surface area (TPSA) is 73.2 Å². The fourth-order valence-corrected chi connectivity index (χ4v) is 3.02. The number of fused-ring (bicyclic) bond motifs is 1. The highest BCUT2D eigenvalue weighted by molar-refractivity contribution is 7.97. The van der Waals surface area contributed by atoms with Crippen molar-refractivity contribution in [3.63, 3.8) is 0 Å². The number of esters is 1. The van der Waals surface area contributed by atoms with Gasteiger partial charge in [0.05, 0.1) is 23.9 Å². The highest BCUT2D eigenvalue weighted by atomic mass is 32.2. The molecule has 130 valence electrons. The molecule has 6 nitrogen and oxygen atoms in total. The Morgan fingerprint density at radius 2 is 2.08 bits per heavy atom. The summed E-state index contributed by atoms with van der Waals surface area (Å²) < 4.78 is 6.70. The van der Waals surface area contributed by atoms with Crippen molar-refractivity contribution in [1.82, 2.24) is 14.9 Å². The monoisotopic (exact) mass is 349 g/mol. The van der Waals surface area contributed by atoms with Gasteiger partial charge in [0.2, 0.25) is 5.91 Å². The minimum absolute atomic E-state index is 0.114. The molecule has 0 aliphatic rings. The van der Waals surface area contributed by atoms with Crippen LogP contribution in [0.25, 0.3) is 11.0 Å². The largest absolute Gasteiger partial charge is 0.467 e. The molecule has 2 aromatic rings. The molecule has 0 radical (unpaired) electrons. The van der Waals surface area contributed by atoms with Gasteiger partial charge in [-0.3, -0.25) is 4.79 Å². The Labute approximate surface area is 146 Å². The number of hydrogen-bond acceptors (Lipinski definition) is 5. The van der Waals surface area contributed by atoms with Gasteiger partial charge in [0.25, 0.3) is 0 Å². The first-order valence-corrected chi connectivity index (χ1v) is 9.17. The maximum Gasteiger partial charge on any atom is 0.331 e. The van der Waals surface area contributed by atoms with Crippen molar-refractivity contribution in [2.75, 3.05) is 13.4 Å². The number of methoxy groups -OCH3 is 1. The van der Waals surface area contributed by atoms with Crippen molar-refractivity contribution in [3.05, 3.63) is 30.1 Å². The van der Waals surface area contributed by atoms with Gasteiger partial charge in [-0.1, -0.05) is 19.1 Å². The Morgan fingerprint density at radius 3 is 2.71 bits per heavy atom. The van der Waals surface area contributed by atoms with Crippen LogP contribution in [0.5, 0.6) is 0 Å². The fraction of sp³-hybridized carbons (Fsp3) is 0.471. The van der Waals surface area contributed by atoms with Gasteiger partial charge in [0.1, 0.15) is 17.9 Å². The van der Waals surface area contributed by atoms with E-state index in [1.54, 1.807) is 18.7 Å². The number of benzene rings is 1. The van der Waals surface area contributed by atoms with Gasteiger partial charge in [-0.05, 0) is 31.7 Å². The van der Waals surface area contributed by atoms with Crippen molar-refractivity contribution < 1.29 is 14.3 Å². The first-order chi connectivity index (χ1) is 11.4. The molecule has 0 aliphatic carbocycles. The van der Waals surface area contributed by atoms with Gasteiger partial charge in [0.15, 0.2) is 0 Å². The lowest BCUT2D eigenvalue weighted by Gasteiger charge is -2.26. The lowest BCUT2D eigenvalue weighted by molar-refractivity contribution is -0.150. The molecule has 0 saturated carbocycles. The van der Waals surface area contributed by atoms with Crippen molar-refractivity contribution >= 4 is 34.7 Å². The number of para-hydroxylation sites is 2. The van der Waals surface area contributed by atoms with E-state index < -0.39 is 11.5 Å². The first kappa shape index (κ1) is 18.3. The van der Waals surface area contributed by atoms with E-state index in [9.17, 15) is 9.59 Å². The molecule has 0 spiro atoms. The number of ether oxygens (including phenoxy) is 1. The lowest BCUT2D eigenvalue weighted by Crippen LogP contribution is -2.53. The zero-order chi connectivity index (χ0) is 17.7. The molecule has 2 rings (SSSR count). The van der Waals surface area contributed by atoms with Crippen LogP contribution < -0.4 is 5.32 Å². The van der Waals surface area contributed by atoms with Gasteiger partial charge in [0, 0.05) is 0 Å². The Hall–Kier alpha value is -2.02. The van der Waals surface area contributed by atoms with E-state index in [1.807, 2.05) is 42.0 Å². The average Bonchev–Trinajstić information content (AvgIpc) is 2.91. The zero-order valence-electron chi connectivity index (χ0n) is 14.5. The fourth-order valence-electron chi connectivity index (χ4n) is 2.54. The summed E-state index contributed by atoms with van der Waals surface area (Å²) in [4.78, 5) is 29.1. The van der Waals surface area contributed by atoms with Crippen molar-refractivity contribution in [3.8, 4) is 0 Å². The molecule has 0 aliphatic heterocycles. The van der Waals surface area contributed by atoms with Crippen LogP contribution in [0.1, 0.15) is 26.1 Å². The predicted molar refractivity (Wildman–Crippen MR) is 95.8 cm³/mol. The second-order valence-corrected chi connectivity index (χ2v) is 6.63. The summed E-state index contributed by atoms with van der Waals surface area (Å²) in [5.74, 6) is 0.868. The summed E-state index contributed by atoms with van der Waals surface area (Å²) in [5, 5.41) is 2.80. The van der Waals surface area contributed by atoms with E-state index >= 15 is 0 Å². The normalized spacial score (nSPS) is 13.5. The Balaban J connectivity index is 2.27. The number of hydrogen-bond donors (Lipinski definition) is 1. The van der Waals surface area contributed by atoms with Crippen LogP contribution in [0, 0.1) is 0 Å². The van der Waals surface area contributed by atoms with Crippen LogP contribution >= 0.6 is 11.8 Å². The number of nitrogens with one attached hydrogen (secondary N) is 1. The minimum Gasteiger partial charge on any atom is -0.467 e. The zero-order valence-corrected chi connectivity index (χ0v) is 15.3. The van der Waals surface area contributed by atoms with E-state index in [4.69, 9.17) is 4.74 Å². The van der Waals surface area contributed by atoms with E-state index in [1.165, 1.54) is 7.11 Å². The Kier molecular flexibility index (Phi) is 5.88. The molecule has 0 saturated heterocycles. The van der Waals surface area contributed by atoms with E-state index in [0.29, 0.717) is 12.2 Å². The summed E-state index contributed by atoms with van der Waals surface area (Å²) in [5.41, 5.74) is 0.746. The molecular weight excluding hydrogens is 326 g/mol. The Bertz CT molecular complexity index is 744. The molecule has 0 fully saturated rings. The molecule has 1 amide bonds. The third kappa shape index (κ3) is 3.72. The number of aromatic nitrogens is 2. The summed E-state index contributed by atoms with van der Waals surface area (Å²) >= 11 is 1.65. The van der Waals surface area contributed by atoms with Crippen LogP contribution in [0.4, 0.5) is 0 Å². The second-order valence-electron chi connectivity index (χ2n) is 5.76. The molecule has 7 heteroatoms. The first-order valence-electron chi connectivity index (χ1n) is 7.77. The molecule has 1 unspecified atom stereocenters. The van der Waals surface area contributed by atoms with Gasteiger partial charge < -0.3 is 14.6 Å². The molecular formula is C17H23N3O3S. The van der Waals surface area contributed by atoms with Crippen LogP contribution in [-0.4, -0.2) is 40.3 Å². The summed E-state index contributed by atoms with van der Waals surface area (Å²) in [7, 11) is 1.32. The van der Waals surface area contributed by atoms with Crippen molar-refractivity contribution in [2.45, 2.75) is 38.1 Å². The number of imidazole rings is 1. The van der Waals surface area contributed by atoms with Gasteiger partial charge in [-0.2, -0.15) is 11.8 Å². The standard InChI is InChI=1S/C17H23N3O3S/c1-5-17(2,16(22)23-3)19-15(21)10-20-13-9-7-6-8-12(13)18-14(20)11-24-4/h6-9H,5,10-11H2,1-4H3,(H,19,21). The van der Waals surface area contributed by atoms with E-state index in [2.05, 4.69) is 10.3 Å². The predicted octanol–water partition coefficient (Wildman–Crippen LogP) is 2.36. The summed E-state index contributed by atoms with van der Waals surface area (Å²) in [6, 6.07) is 7.72. The number of carbonyl (C=O) groups is 2. The molecule has 1 aromatic carbocycles. The van der Waals surface area contributed by atoms with Crippen molar-refractivity contribution in [1.29, 1.82) is 0 Å². The summed E-state index contributed by atoms with van der Waals surface area (Å²) in [6.07, 6.45) is 2.45. The molecule has 1 aromatic heterocycles. The van der Waals surface area contributed by atoms with Gasteiger partial charge in [-0.15, -0.1) is 0 Å². The molecule has 24 heavy (non-hydrogen) atoms. The number of rotatable bonds is 7. The maximum absolute atomic E-state index is 12.5. The third-order valence-electron chi connectivity index (χ3n) is 4.07. The summed E-state index contributed by atoms with van der Waals surface area (Å²) in [6.45, 7) is 3.62. The maximum atomic E-state index is 12.5. The number of thioether (sulfide) groups is 1. The van der Waals surface area contributed by atoms with Gasteiger partial charge in [-0.25, -0.2) is 9.78 Å². The number of amides is 1. The quantitative estimate of drug-likeness (QED) is 0.777. The molecule has 1 N–H and O–H groups in total. The number of nitrogens with zero attached hydrogens (tertiary/aromatic N) is 2.